The number of aromatic nitrogens is 1. The molecular weight excluding hydrogens is 158 g/mol. The molecular formula is C8H11NOS. The fraction of sp³-hybridized carbons (Fsp3) is 0.500. The maximum Gasteiger partial charge on any atom is 0.126 e. The summed E-state index contributed by atoms with van der Waals surface area (Å²) < 4.78 is 0. The van der Waals surface area contributed by atoms with Gasteiger partial charge in [-0.15, -0.1) is 11.3 Å². The highest BCUT2D eigenvalue weighted by molar-refractivity contribution is 7.09. The lowest BCUT2D eigenvalue weighted by molar-refractivity contribution is -0.107. The molecule has 0 aliphatic rings. The molecule has 1 aromatic heterocycles. The van der Waals surface area contributed by atoms with Crippen molar-refractivity contribution in [3.63, 3.8) is 0 Å². The molecule has 0 amide bonds. The van der Waals surface area contributed by atoms with Gasteiger partial charge >= 0.3 is 0 Å². The van der Waals surface area contributed by atoms with Crippen LogP contribution in [0.4, 0.5) is 0 Å². The van der Waals surface area contributed by atoms with Crippen molar-refractivity contribution in [3.05, 3.63) is 16.1 Å². The van der Waals surface area contributed by atoms with Gasteiger partial charge < -0.3 is 4.79 Å². The molecule has 2 nitrogen and oxygen atoms in total. The Kier molecular flexibility index (Phi) is 2.76. The molecule has 0 radical (unpaired) electrons. The van der Waals surface area contributed by atoms with Crippen LogP contribution in [0.25, 0.3) is 0 Å². The molecule has 1 aromatic rings. The zero-order valence-electron chi connectivity index (χ0n) is 6.70. The molecule has 0 bridgehead atoms. The van der Waals surface area contributed by atoms with Crippen LogP contribution in [0.3, 0.4) is 0 Å². The summed E-state index contributed by atoms with van der Waals surface area (Å²) in [7, 11) is 0. The summed E-state index contributed by atoms with van der Waals surface area (Å²) in [5.41, 5.74) is 1.09. The predicted molar refractivity (Wildman–Crippen MR) is 46.0 cm³/mol. The van der Waals surface area contributed by atoms with Crippen LogP contribution in [0.1, 0.15) is 30.5 Å². The summed E-state index contributed by atoms with van der Waals surface area (Å²) in [5, 5.41) is 2.94. The Morgan fingerprint density at radius 1 is 1.73 bits per heavy atom. The molecule has 60 valence electrons. The highest BCUT2D eigenvalue weighted by Crippen LogP contribution is 2.17. The van der Waals surface area contributed by atoms with E-state index in [4.69, 9.17) is 0 Å². The van der Waals surface area contributed by atoms with Crippen molar-refractivity contribution in [2.75, 3.05) is 0 Å². The Hall–Kier alpha value is -0.700. The summed E-state index contributed by atoms with van der Waals surface area (Å²) in [6.45, 7) is 4.19. The van der Waals surface area contributed by atoms with Gasteiger partial charge in [0.2, 0.25) is 0 Å². The molecule has 0 fully saturated rings. The summed E-state index contributed by atoms with van der Waals surface area (Å²) in [6, 6.07) is 0. The molecule has 11 heavy (non-hydrogen) atoms. The fourth-order valence-corrected chi connectivity index (χ4v) is 1.66. The molecule has 0 unspecified atom stereocenters. The Bertz CT molecular complexity index is 242. The number of nitrogens with zero attached hydrogens (tertiary/aromatic N) is 1. The van der Waals surface area contributed by atoms with E-state index < -0.39 is 0 Å². The quantitative estimate of drug-likeness (QED) is 0.648. The monoisotopic (exact) mass is 169 g/mol. The maximum atomic E-state index is 10.1. The first-order valence-corrected chi connectivity index (χ1v) is 4.50. The third-order valence-corrected chi connectivity index (χ3v) is 2.31. The van der Waals surface area contributed by atoms with Crippen LogP contribution < -0.4 is 0 Å². The van der Waals surface area contributed by atoms with Crippen LogP contribution in [0.2, 0.25) is 0 Å². The number of carbonyl (C=O) groups is 1. The number of hydrogen-bond acceptors (Lipinski definition) is 3. The van der Waals surface area contributed by atoms with Gasteiger partial charge in [0.15, 0.2) is 0 Å². The standard InChI is InChI=1S/C8H11NOS/c1-6(2)7-5-11-8(9-7)3-4-10/h4-6H,3H2,1-2H3. The minimum absolute atomic E-state index is 0.456. The largest absolute Gasteiger partial charge is 0.303 e. The minimum atomic E-state index is 0.456. The number of aldehydes is 1. The van der Waals surface area contributed by atoms with Gasteiger partial charge in [0, 0.05) is 5.38 Å². The highest BCUT2D eigenvalue weighted by atomic mass is 32.1. The molecule has 0 saturated carbocycles. The van der Waals surface area contributed by atoms with Crippen LogP contribution in [-0.2, 0) is 11.2 Å². The second kappa shape index (κ2) is 3.62. The Morgan fingerprint density at radius 3 is 2.91 bits per heavy atom. The summed E-state index contributed by atoms with van der Waals surface area (Å²) in [5.74, 6) is 0.464. The molecule has 0 aromatic carbocycles. The van der Waals surface area contributed by atoms with E-state index in [9.17, 15) is 4.79 Å². The summed E-state index contributed by atoms with van der Waals surface area (Å²) in [4.78, 5) is 14.4. The molecule has 0 atom stereocenters. The molecule has 0 spiro atoms. The molecule has 0 aliphatic heterocycles. The van der Waals surface area contributed by atoms with Crippen molar-refractivity contribution in [1.29, 1.82) is 0 Å². The van der Waals surface area contributed by atoms with Gasteiger partial charge in [-0.25, -0.2) is 4.98 Å². The normalized spacial score (nSPS) is 10.5. The second-order valence-corrected chi connectivity index (χ2v) is 3.63. The summed E-state index contributed by atoms with van der Waals surface area (Å²) in [6.07, 6.45) is 1.35. The lowest BCUT2D eigenvalue weighted by Gasteiger charge is -1.95. The van der Waals surface area contributed by atoms with Gasteiger partial charge in [-0.05, 0) is 5.92 Å². The van der Waals surface area contributed by atoms with Crippen molar-refractivity contribution in [2.24, 2.45) is 0 Å². The van der Waals surface area contributed by atoms with Gasteiger partial charge in [0.25, 0.3) is 0 Å². The van der Waals surface area contributed by atoms with E-state index in [0.717, 1.165) is 17.0 Å². The van der Waals surface area contributed by atoms with Gasteiger partial charge in [0.05, 0.1) is 17.1 Å². The van der Waals surface area contributed by atoms with Crippen LogP contribution in [0.5, 0.6) is 0 Å². The Morgan fingerprint density at radius 2 is 2.45 bits per heavy atom. The van der Waals surface area contributed by atoms with E-state index >= 15 is 0 Å². The summed E-state index contributed by atoms with van der Waals surface area (Å²) >= 11 is 1.56. The topological polar surface area (TPSA) is 30.0 Å². The zero-order valence-corrected chi connectivity index (χ0v) is 7.52. The van der Waals surface area contributed by atoms with Crippen molar-refractivity contribution in [1.82, 2.24) is 4.98 Å². The average Bonchev–Trinajstić information content (AvgIpc) is 2.37. The smallest absolute Gasteiger partial charge is 0.126 e. The number of carbonyl (C=O) groups excluding carboxylic acids is 1. The SMILES string of the molecule is CC(C)c1csc(CC=O)n1. The van der Waals surface area contributed by atoms with Crippen LogP contribution in [0.15, 0.2) is 5.38 Å². The number of thiazole rings is 1. The predicted octanol–water partition coefficient (Wildman–Crippen LogP) is 2.01. The van der Waals surface area contributed by atoms with E-state index in [1.165, 1.54) is 0 Å². The van der Waals surface area contributed by atoms with Crippen LogP contribution in [-0.4, -0.2) is 11.3 Å². The molecule has 0 N–H and O–H groups in total. The van der Waals surface area contributed by atoms with Crippen LogP contribution in [0, 0.1) is 0 Å². The van der Waals surface area contributed by atoms with Gasteiger partial charge in [0.1, 0.15) is 6.29 Å². The minimum Gasteiger partial charge on any atom is -0.303 e. The molecule has 1 rings (SSSR count). The first kappa shape index (κ1) is 8.40. The van der Waals surface area contributed by atoms with Crippen molar-refractivity contribution in [3.8, 4) is 0 Å². The third-order valence-electron chi connectivity index (χ3n) is 1.42. The van der Waals surface area contributed by atoms with Gasteiger partial charge in [-0.1, -0.05) is 13.8 Å². The maximum absolute atomic E-state index is 10.1. The zero-order chi connectivity index (χ0) is 8.27. The molecule has 0 saturated heterocycles. The van der Waals surface area contributed by atoms with Crippen molar-refractivity contribution < 1.29 is 4.79 Å². The highest BCUT2D eigenvalue weighted by Gasteiger charge is 2.03. The fourth-order valence-electron chi connectivity index (χ4n) is 0.755. The first-order valence-electron chi connectivity index (χ1n) is 3.62. The lowest BCUT2D eigenvalue weighted by Crippen LogP contribution is -1.89. The Balaban J connectivity index is 2.73. The number of rotatable bonds is 3. The van der Waals surface area contributed by atoms with E-state index in [1.807, 2.05) is 5.38 Å². The third kappa shape index (κ3) is 2.12. The van der Waals surface area contributed by atoms with E-state index in [0.29, 0.717) is 12.3 Å². The molecule has 3 heteroatoms. The average molecular weight is 169 g/mol. The van der Waals surface area contributed by atoms with E-state index in [2.05, 4.69) is 18.8 Å². The van der Waals surface area contributed by atoms with Crippen molar-refractivity contribution >= 4 is 17.6 Å². The van der Waals surface area contributed by atoms with E-state index in [1.54, 1.807) is 11.3 Å². The van der Waals surface area contributed by atoms with E-state index in [-0.39, 0.29) is 0 Å². The second-order valence-electron chi connectivity index (χ2n) is 2.69. The number of hydrogen-bond donors (Lipinski definition) is 0. The molecule has 1 heterocycles. The van der Waals surface area contributed by atoms with Crippen LogP contribution >= 0.6 is 11.3 Å². The lowest BCUT2D eigenvalue weighted by atomic mass is 10.2. The molecule has 0 aliphatic carbocycles. The first-order chi connectivity index (χ1) is 5.24. The van der Waals surface area contributed by atoms with Gasteiger partial charge in [-0.2, -0.15) is 0 Å². The van der Waals surface area contributed by atoms with Gasteiger partial charge in [-0.3, -0.25) is 0 Å². The van der Waals surface area contributed by atoms with Crippen molar-refractivity contribution in [2.45, 2.75) is 26.2 Å². The Labute approximate surface area is 70.3 Å².